The van der Waals surface area contributed by atoms with Crippen molar-refractivity contribution in [2.75, 3.05) is 46.8 Å². The fourth-order valence-corrected chi connectivity index (χ4v) is 3.48. The van der Waals surface area contributed by atoms with Gasteiger partial charge in [-0.1, -0.05) is 0 Å². The highest BCUT2D eigenvalue weighted by Gasteiger charge is 2.19. The number of methoxy groups -OCH3 is 2. The molecule has 4 aromatic rings. The predicted octanol–water partition coefficient (Wildman–Crippen LogP) is 2.84. The first-order valence-corrected chi connectivity index (χ1v) is 10.6. The summed E-state index contributed by atoms with van der Waals surface area (Å²) in [5, 5.41) is 8.17. The van der Waals surface area contributed by atoms with Gasteiger partial charge in [-0.15, -0.1) is 0 Å². The summed E-state index contributed by atoms with van der Waals surface area (Å²) in [6.07, 6.45) is 5.54. The lowest BCUT2D eigenvalue weighted by atomic mass is 10.1. The van der Waals surface area contributed by atoms with Gasteiger partial charge in [0.2, 0.25) is 11.8 Å². The van der Waals surface area contributed by atoms with Crippen molar-refractivity contribution in [2.45, 2.75) is 0 Å². The molecule has 0 bridgehead atoms. The Morgan fingerprint density at radius 2 is 2.03 bits per heavy atom. The number of rotatable bonds is 9. The van der Waals surface area contributed by atoms with Crippen molar-refractivity contribution in [1.82, 2.24) is 29.6 Å². The number of aromatic nitrogens is 5. The van der Waals surface area contributed by atoms with E-state index in [-0.39, 0.29) is 5.91 Å². The van der Waals surface area contributed by atoms with Gasteiger partial charge in [-0.3, -0.25) is 9.48 Å². The molecule has 178 valence electrons. The number of hydrogen-bond donors (Lipinski definition) is 2. The molecule has 11 nitrogen and oxygen atoms in total. The number of amides is 1. The Labute approximate surface area is 196 Å². The average Bonchev–Trinajstić information content (AvgIpc) is 3.45. The summed E-state index contributed by atoms with van der Waals surface area (Å²) < 4.78 is 18.3. The van der Waals surface area contributed by atoms with Gasteiger partial charge < -0.3 is 29.4 Å². The normalized spacial score (nSPS) is 11.0. The topological polar surface area (TPSA) is 119 Å². The van der Waals surface area contributed by atoms with E-state index in [0.29, 0.717) is 47.7 Å². The second-order valence-corrected chi connectivity index (χ2v) is 7.76. The molecule has 34 heavy (non-hydrogen) atoms. The van der Waals surface area contributed by atoms with Crippen LogP contribution in [0, 0.1) is 0 Å². The number of hydrogen-bond acceptors (Lipinski definition) is 8. The van der Waals surface area contributed by atoms with E-state index in [1.165, 1.54) is 4.90 Å². The first-order valence-electron chi connectivity index (χ1n) is 10.6. The van der Waals surface area contributed by atoms with Crippen molar-refractivity contribution in [1.29, 1.82) is 0 Å². The zero-order valence-corrected chi connectivity index (χ0v) is 19.7. The van der Waals surface area contributed by atoms with Crippen LogP contribution < -0.4 is 14.8 Å². The summed E-state index contributed by atoms with van der Waals surface area (Å²) in [5.74, 6) is 1.08. The molecule has 0 atom stereocenters. The maximum atomic E-state index is 12.3. The van der Waals surface area contributed by atoms with Crippen LogP contribution in [-0.2, 0) is 11.8 Å². The highest BCUT2D eigenvalue weighted by molar-refractivity contribution is 5.98. The number of H-pyrrole nitrogens is 1. The van der Waals surface area contributed by atoms with E-state index in [1.807, 2.05) is 19.4 Å². The Hall–Kier alpha value is -4.12. The molecular weight excluding hydrogens is 438 g/mol. The molecule has 0 saturated heterocycles. The molecule has 3 aromatic heterocycles. The van der Waals surface area contributed by atoms with Gasteiger partial charge in [0.15, 0.2) is 0 Å². The molecule has 0 saturated carbocycles. The van der Waals surface area contributed by atoms with E-state index in [9.17, 15) is 4.79 Å². The van der Waals surface area contributed by atoms with Gasteiger partial charge in [0, 0.05) is 57.3 Å². The fourth-order valence-electron chi connectivity index (χ4n) is 3.48. The van der Waals surface area contributed by atoms with Crippen LogP contribution in [-0.4, -0.2) is 77.1 Å². The van der Waals surface area contributed by atoms with E-state index in [2.05, 4.69) is 25.4 Å². The minimum atomic E-state index is -0.120. The van der Waals surface area contributed by atoms with Crippen molar-refractivity contribution in [2.24, 2.45) is 7.05 Å². The predicted molar refractivity (Wildman–Crippen MR) is 128 cm³/mol. The molecule has 0 radical (unpaired) electrons. The molecule has 1 amide bonds. The lowest BCUT2D eigenvalue weighted by Crippen LogP contribution is -2.21. The minimum Gasteiger partial charge on any atom is -0.495 e. The molecule has 0 aliphatic carbocycles. The number of nitrogens with one attached hydrogen (secondary N) is 2. The highest BCUT2D eigenvalue weighted by atomic mass is 16.5. The van der Waals surface area contributed by atoms with Crippen LogP contribution in [0.1, 0.15) is 10.4 Å². The quantitative estimate of drug-likeness (QED) is 0.362. The summed E-state index contributed by atoms with van der Waals surface area (Å²) in [4.78, 5) is 26.3. The van der Waals surface area contributed by atoms with Crippen molar-refractivity contribution in [3.8, 4) is 22.8 Å². The maximum Gasteiger partial charge on any atom is 0.253 e. The average molecular weight is 466 g/mol. The van der Waals surface area contributed by atoms with Crippen LogP contribution in [0.4, 0.5) is 11.6 Å². The molecule has 0 aliphatic rings. The van der Waals surface area contributed by atoms with Gasteiger partial charge in [-0.05, 0) is 18.2 Å². The molecular formula is C23H27N7O4. The number of anilines is 2. The van der Waals surface area contributed by atoms with Crippen LogP contribution in [0.25, 0.3) is 22.2 Å². The third-order valence-corrected chi connectivity index (χ3v) is 5.14. The molecule has 0 unspecified atom stereocenters. The van der Waals surface area contributed by atoms with Gasteiger partial charge >= 0.3 is 0 Å². The number of nitrogens with zero attached hydrogens (tertiary/aromatic N) is 5. The molecule has 2 N–H and O–H groups in total. The Balaban J connectivity index is 1.73. The van der Waals surface area contributed by atoms with Crippen molar-refractivity contribution in [3.05, 3.63) is 42.4 Å². The first-order chi connectivity index (χ1) is 16.4. The smallest absolute Gasteiger partial charge is 0.253 e. The number of carbonyl (C=O) groups is 1. The molecule has 0 aliphatic heterocycles. The fraction of sp³-hybridized carbons (Fsp3) is 0.304. The third-order valence-electron chi connectivity index (χ3n) is 5.14. The van der Waals surface area contributed by atoms with Crippen LogP contribution in [0.5, 0.6) is 11.6 Å². The number of aryl methyl sites for hydroxylation is 1. The minimum absolute atomic E-state index is 0.120. The van der Waals surface area contributed by atoms with E-state index in [4.69, 9.17) is 14.2 Å². The summed E-state index contributed by atoms with van der Waals surface area (Å²) >= 11 is 0. The van der Waals surface area contributed by atoms with Gasteiger partial charge in [-0.2, -0.15) is 15.1 Å². The van der Waals surface area contributed by atoms with Crippen LogP contribution in [0.3, 0.4) is 0 Å². The van der Waals surface area contributed by atoms with E-state index in [1.54, 1.807) is 57.4 Å². The number of ether oxygens (including phenoxy) is 3. The van der Waals surface area contributed by atoms with E-state index < -0.39 is 0 Å². The zero-order chi connectivity index (χ0) is 24.2. The highest BCUT2D eigenvalue weighted by Crippen LogP contribution is 2.35. The Kier molecular flexibility index (Phi) is 6.64. The lowest BCUT2D eigenvalue weighted by Gasteiger charge is -2.15. The van der Waals surface area contributed by atoms with Crippen molar-refractivity contribution in [3.63, 3.8) is 0 Å². The number of aromatic amines is 1. The molecule has 4 rings (SSSR count). The van der Waals surface area contributed by atoms with Crippen LogP contribution >= 0.6 is 0 Å². The second-order valence-electron chi connectivity index (χ2n) is 7.76. The third kappa shape index (κ3) is 4.64. The Bertz CT molecular complexity index is 1310. The maximum absolute atomic E-state index is 12.3. The van der Waals surface area contributed by atoms with Gasteiger partial charge in [0.1, 0.15) is 18.0 Å². The summed E-state index contributed by atoms with van der Waals surface area (Å²) in [6, 6.07) is 5.15. The van der Waals surface area contributed by atoms with Gasteiger partial charge in [0.25, 0.3) is 5.91 Å². The Morgan fingerprint density at radius 1 is 1.21 bits per heavy atom. The number of carbonyl (C=O) groups excluding carboxylic acids is 1. The van der Waals surface area contributed by atoms with Crippen LogP contribution in [0.15, 0.2) is 36.8 Å². The van der Waals surface area contributed by atoms with E-state index >= 15 is 0 Å². The molecule has 0 fully saturated rings. The molecule has 1 aromatic carbocycles. The molecule has 11 heteroatoms. The van der Waals surface area contributed by atoms with Crippen molar-refractivity contribution >= 4 is 28.6 Å². The largest absolute Gasteiger partial charge is 0.495 e. The lowest BCUT2D eigenvalue weighted by molar-refractivity contribution is 0.0827. The number of benzene rings is 1. The van der Waals surface area contributed by atoms with Crippen LogP contribution in [0.2, 0.25) is 0 Å². The second kappa shape index (κ2) is 9.79. The summed E-state index contributed by atoms with van der Waals surface area (Å²) in [5.41, 5.74) is 3.52. The zero-order valence-electron chi connectivity index (χ0n) is 19.7. The molecule has 3 heterocycles. The van der Waals surface area contributed by atoms with E-state index in [0.717, 1.165) is 16.5 Å². The van der Waals surface area contributed by atoms with Crippen molar-refractivity contribution < 1.29 is 19.0 Å². The number of fused-ring (bicyclic) bond motifs is 1. The monoisotopic (exact) mass is 465 g/mol. The standard InChI is InChI=1S/C23H27N7O4/c1-29(2)22(31)14-6-7-17(18(10-14)33-5)26-23-27-20-19(21(28-23)34-9-8-32-4)16(12-24-20)15-11-25-30(3)13-15/h6-7,10-13H,8-9H2,1-5H3,(H2,24,26,27,28). The Morgan fingerprint density at radius 3 is 2.71 bits per heavy atom. The SMILES string of the molecule is COCCOc1nc(Nc2ccc(C(=O)N(C)C)cc2OC)nc2[nH]cc(-c3cnn(C)c3)c12. The van der Waals surface area contributed by atoms with Gasteiger partial charge in [-0.25, -0.2) is 0 Å². The van der Waals surface area contributed by atoms with Gasteiger partial charge in [0.05, 0.1) is 31.0 Å². The summed E-state index contributed by atoms with van der Waals surface area (Å²) in [6.45, 7) is 0.737. The first kappa shape index (κ1) is 23.1. The molecule has 0 spiro atoms. The summed E-state index contributed by atoms with van der Waals surface area (Å²) in [7, 11) is 8.41.